The van der Waals surface area contributed by atoms with E-state index in [1.165, 1.54) is 83.1 Å². The molecular weight excluding hydrogens is 811 g/mol. The van der Waals surface area contributed by atoms with Gasteiger partial charge >= 0.3 is 0 Å². The Kier molecular flexibility index (Phi) is 8.23. The van der Waals surface area contributed by atoms with Gasteiger partial charge in [-0.15, -0.1) is 0 Å². The maximum absolute atomic E-state index is 6.87. The monoisotopic (exact) mass is 851 g/mol. The fourth-order valence-electron chi connectivity index (χ4n) is 11.7. The van der Waals surface area contributed by atoms with Crippen molar-refractivity contribution in [3.63, 3.8) is 0 Å². The predicted octanol–water partition coefficient (Wildman–Crippen LogP) is 17.6. The highest BCUT2D eigenvalue weighted by Crippen LogP contribution is 2.64. The van der Waals surface area contributed by atoms with Crippen LogP contribution in [0.5, 0.6) is 0 Å². The van der Waals surface area contributed by atoms with Crippen LogP contribution in [0.1, 0.15) is 22.3 Å². The van der Waals surface area contributed by atoms with Gasteiger partial charge in [0.25, 0.3) is 0 Å². The summed E-state index contributed by atoms with van der Waals surface area (Å²) in [6.07, 6.45) is 0. The van der Waals surface area contributed by atoms with E-state index in [1.807, 2.05) is 0 Å². The second kappa shape index (κ2) is 14.7. The van der Waals surface area contributed by atoms with Crippen LogP contribution >= 0.6 is 0 Å². The Morgan fingerprint density at radius 1 is 0.328 bits per heavy atom. The van der Waals surface area contributed by atoms with Crippen LogP contribution in [-0.2, 0) is 5.41 Å². The second-order valence-electron chi connectivity index (χ2n) is 17.9. The summed E-state index contributed by atoms with van der Waals surface area (Å²) >= 11 is 0. The molecular formula is C65H41NO. The smallest absolute Gasteiger partial charge is 0.159 e. The Hall–Kier alpha value is -8.72. The number of furan rings is 1. The zero-order valence-electron chi connectivity index (χ0n) is 36.5. The Bertz CT molecular complexity index is 3920. The molecule has 1 heterocycles. The van der Waals surface area contributed by atoms with Gasteiger partial charge in [-0.1, -0.05) is 212 Å². The molecule has 1 unspecified atom stereocenters. The normalized spacial score (nSPS) is 14.3. The van der Waals surface area contributed by atoms with E-state index in [1.54, 1.807) is 0 Å². The first-order valence-corrected chi connectivity index (χ1v) is 23.2. The number of rotatable bonds is 6. The summed E-state index contributed by atoms with van der Waals surface area (Å²) in [7, 11) is 0. The van der Waals surface area contributed by atoms with Gasteiger partial charge in [-0.25, -0.2) is 0 Å². The number of hydrogen-bond donors (Lipinski definition) is 0. The van der Waals surface area contributed by atoms with Gasteiger partial charge in [0.05, 0.1) is 11.1 Å². The van der Waals surface area contributed by atoms with Crippen molar-refractivity contribution in [2.75, 3.05) is 4.90 Å². The molecule has 12 aromatic rings. The highest BCUT2D eigenvalue weighted by atomic mass is 16.3. The molecule has 67 heavy (non-hydrogen) atoms. The quantitative estimate of drug-likeness (QED) is 0.166. The summed E-state index contributed by atoms with van der Waals surface area (Å²) in [5.41, 5.74) is 21.7. The minimum absolute atomic E-state index is 0.639. The van der Waals surface area contributed by atoms with Crippen LogP contribution in [0.4, 0.5) is 17.1 Å². The predicted molar refractivity (Wildman–Crippen MR) is 279 cm³/mol. The average molecular weight is 852 g/mol. The topological polar surface area (TPSA) is 16.4 Å². The van der Waals surface area contributed by atoms with Crippen molar-refractivity contribution in [2.24, 2.45) is 0 Å². The zero-order valence-corrected chi connectivity index (χ0v) is 36.5. The first kappa shape index (κ1) is 37.6. The van der Waals surface area contributed by atoms with Crippen molar-refractivity contribution in [2.45, 2.75) is 5.41 Å². The SMILES string of the molecule is c1ccc(-c2ccccc2-c2ccc(N(c3ccc4c(c3)C3(c5ccccc5-4)c4ccccc4-c4cccc5ccc(-c6ccccc6)c3c45)c3cccc4c3oc3ccccc34)cc2)cc1. The minimum atomic E-state index is -0.639. The van der Waals surface area contributed by atoms with Crippen molar-refractivity contribution in [3.8, 4) is 55.6 Å². The van der Waals surface area contributed by atoms with Crippen LogP contribution in [0, 0.1) is 0 Å². The van der Waals surface area contributed by atoms with Crippen molar-refractivity contribution in [1.29, 1.82) is 0 Å². The van der Waals surface area contributed by atoms with Gasteiger partial charge in [0.2, 0.25) is 0 Å². The first-order chi connectivity index (χ1) is 33.3. The molecule has 1 aromatic heterocycles. The van der Waals surface area contributed by atoms with Crippen molar-refractivity contribution in [3.05, 3.63) is 271 Å². The molecule has 0 saturated carbocycles. The number of benzene rings is 11. The van der Waals surface area contributed by atoms with Crippen LogP contribution in [0.25, 0.3) is 88.3 Å². The number of anilines is 3. The third-order valence-electron chi connectivity index (χ3n) is 14.5. The summed E-state index contributed by atoms with van der Waals surface area (Å²) in [5, 5.41) is 4.75. The number of fused-ring (bicyclic) bond motifs is 12. The molecule has 2 aliphatic rings. The second-order valence-corrected chi connectivity index (χ2v) is 17.9. The van der Waals surface area contributed by atoms with Gasteiger partial charge in [0.1, 0.15) is 5.58 Å². The molecule has 0 aliphatic heterocycles. The lowest BCUT2D eigenvalue weighted by atomic mass is 9.60. The van der Waals surface area contributed by atoms with E-state index < -0.39 is 5.41 Å². The fourth-order valence-corrected chi connectivity index (χ4v) is 11.7. The Morgan fingerprint density at radius 3 is 1.58 bits per heavy atom. The molecule has 1 spiro atoms. The maximum atomic E-state index is 6.87. The van der Waals surface area contributed by atoms with Gasteiger partial charge in [0, 0.05) is 22.1 Å². The van der Waals surface area contributed by atoms with Crippen molar-refractivity contribution >= 4 is 49.8 Å². The van der Waals surface area contributed by atoms with Gasteiger partial charge in [0.15, 0.2) is 5.58 Å². The summed E-state index contributed by atoms with van der Waals surface area (Å²) in [5.74, 6) is 0. The molecule has 11 aromatic carbocycles. The van der Waals surface area contributed by atoms with E-state index >= 15 is 0 Å². The lowest BCUT2D eigenvalue weighted by Gasteiger charge is -2.41. The van der Waals surface area contributed by atoms with E-state index in [9.17, 15) is 0 Å². The van der Waals surface area contributed by atoms with Gasteiger partial charge in [-0.3, -0.25) is 0 Å². The maximum Gasteiger partial charge on any atom is 0.159 e. The number of hydrogen-bond acceptors (Lipinski definition) is 2. The molecule has 0 N–H and O–H groups in total. The first-order valence-electron chi connectivity index (χ1n) is 23.2. The molecule has 0 bridgehead atoms. The fraction of sp³-hybridized carbons (Fsp3) is 0.0154. The molecule has 14 rings (SSSR count). The summed E-state index contributed by atoms with van der Waals surface area (Å²) in [4.78, 5) is 2.41. The number of para-hydroxylation sites is 2. The molecule has 2 aliphatic carbocycles. The van der Waals surface area contributed by atoms with Gasteiger partial charge in [-0.2, -0.15) is 0 Å². The number of nitrogens with zero attached hydrogens (tertiary/aromatic N) is 1. The van der Waals surface area contributed by atoms with Crippen LogP contribution < -0.4 is 4.90 Å². The average Bonchev–Trinajstić information content (AvgIpc) is 3.93. The molecule has 0 amide bonds. The molecule has 0 saturated heterocycles. The van der Waals surface area contributed by atoms with Crippen LogP contribution in [0.2, 0.25) is 0 Å². The molecule has 2 nitrogen and oxygen atoms in total. The van der Waals surface area contributed by atoms with Crippen LogP contribution in [-0.4, -0.2) is 0 Å². The van der Waals surface area contributed by atoms with Gasteiger partial charge < -0.3 is 9.32 Å². The van der Waals surface area contributed by atoms with Crippen molar-refractivity contribution < 1.29 is 4.42 Å². The third kappa shape index (κ3) is 5.45. The molecule has 1 atom stereocenters. The van der Waals surface area contributed by atoms with Crippen LogP contribution in [0.3, 0.4) is 0 Å². The minimum Gasteiger partial charge on any atom is -0.454 e. The molecule has 0 fully saturated rings. The zero-order chi connectivity index (χ0) is 44.1. The standard InChI is InChI=1S/C65H41NO/c1-3-17-42(18-4-1)48-22-7-8-23-49(48)44-33-36-46(37-34-44)66(60-31-16-28-56-54-26-11-14-32-61(54)67-64(56)60)47-38-40-53-51-24-9-12-29-57(51)65(59(53)41-47)58-30-13-10-25-52(58)55-27-15-21-45-35-39-50(63(65)62(45)55)43-19-5-2-6-20-43/h1-41H. The highest BCUT2D eigenvalue weighted by Gasteiger charge is 2.51. The van der Waals surface area contributed by atoms with E-state index in [-0.39, 0.29) is 0 Å². The highest BCUT2D eigenvalue weighted by molar-refractivity contribution is 6.12. The van der Waals surface area contributed by atoms with Gasteiger partial charge in [-0.05, 0) is 125 Å². The summed E-state index contributed by atoms with van der Waals surface area (Å²) < 4.78 is 6.87. The molecule has 0 radical (unpaired) electrons. The Labute approximate surface area is 389 Å². The van der Waals surface area contributed by atoms with Crippen LogP contribution in [0.15, 0.2) is 253 Å². The summed E-state index contributed by atoms with van der Waals surface area (Å²) in [6, 6.07) is 91.4. The third-order valence-corrected chi connectivity index (χ3v) is 14.5. The lowest BCUT2D eigenvalue weighted by molar-refractivity contribution is 0.669. The van der Waals surface area contributed by atoms with Crippen molar-refractivity contribution in [1.82, 2.24) is 0 Å². The van der Waals surface area contributed by atoms with E-state index in [2.05, 4.69) is 254 Å². The Balaban J connectivity index is 1.05. The van der Waals surface area contributed by atoms with E-state index in [0.29, 0.717) is 0 Å². The Morgan fingerprint density at radius 2 is 0.851 bits per heavy atom. The summed E-state index contributed by atoms with van der Waals surface area (Å²) in [6.45, 7) is 0. The molecule has 312 valence electrons. The van der Waals surface area contributed by atoms with E-state index in [4.69, 9.17) is 4.42 Å². The lowest BCUT2D eigenvalue weighted by Crippen LogP contribution is -2.32. The molecule has 2 heteroatoms. The van der Waals surface area contributed by atoms with E-state index in [0.717, 1.165) is 44.6 Å². The largest absolute Gasteiger partial charge is 0.454 e.